The van der Waals surface area contributed by atoms with Crippen LogP contribution in [-0.2, 0) is 0 Å². The van der Waals surface area contributed by atoms with E-state index >= 15 is 0 Å². The molecule has 1 aliphatic rings. The molecule has 0 radical (unpaired) electrons. The highest BCUT2D eigenvalue weighted by atomic mass is 13.9. The molecule has 0 atom stereocenters. The Morgan fingerprint density at radius 2 is 1.33 bits per heavy atom. The molecule has 0 N–H and O–H groups in total. The fourth-order valence-electron chi connectivity index (χ4n) is 1.38. The highest BCUT2D eigenvalue weighted by molar-refractivity contribution is 5.19. The van der Waals surface area contributed by atoms with Crippen LogP contribution in [0.15, 0.2) is 48.1 Å². The summed E-state index contributed by atoms with van der Waals surface area (Å²) in [5, 5.41) is 0. The number of allylic oxidation sites excluding steroid dienone is 4. The van der Waals surface area contributed by atoms with Gasteiger partial charge in [0.15, 0.2) is 0 Å². The molecule has 0 aliphatic heterocycles. The van der Waals surface area contributed by atoms with E-state index in [1.807, 2.05) is 0 Å². The van der Waals surface area contributed by atoms with Crippen LogP contribution in [0.25, 0.3) is 0 Å². The van der Waals surface area contributed by atoms with E-state index in [0.29, 0.717) is 0 Å². The highest BCUT2D eigenvalue weighted by Gasteiger charge is 1.86. The Kier molecular flexibility index (Phi) is 4.89. The Balaban J connectivity index is 0.000000151. The normalized spacial score (nSPS) is 13.9. The van der Waals surface area contributed by atoms with Gasteiger partial charge in [-0.3, -0.25) is 0 Å². The van der Waals surface area contributed by atoms with Crippen LogP contribution in [0, 0.1) is 13.8 Å². The minimum absolute atomic E-state index is 1.23. The van der Waals surface area contributed by atoms with Crippen molar-refractivity contribution in [2.75, 3.05) is 0 Å². The summed E-state index contributed by atoms with van der Waals surface area (Å²) in [4.78, 5) is 0. The number of aryl methyl sites for hydroxylation is 2. The van der Waals surface area contributed by atoms with Crippen molar-refractivity contribution in [3.8, 4) is 0 Å². The molecule has 2 rings (SSSR count). The minimum atomic E-state index is 1.23. The van der Waals surface area contributed by atoms with Crippen LogP contribution in [-0.4, -0.2) is 0 Å². The molecule has 0 nitrogen and oxygen atoms in total. The molecule has 0 fully saturated rings. The van der Waals surface area contributed by atoms with Crippen LogP contribution >= 0.6 is 0 Å². The van der Waals surface area contributed by atoms with Gasteiger partial charge in [-0.05, 0) is 33.6 Å². The lowest BCUT2D eigenvalue weighted by atomic mass is 10.1. The highest BCUT2D eigenvalue weighted by Crippen LogP contribution is 2.06. The topological polar surface area (TPSA) is 0 Å². The molecule has 0 saturated carbocycles. The predicted molar refractivity (Wildman–Crippen MR) is 68.0 cm³/mol. The van der Waals surface area contributed by atoms with Crippen molar-refractivity contribution in [2.24, 2.45) is 0 Å². The summed E-state index contributed by atoms with van der Waals surface area (Å²) in [6.45, 7) is 6.33. The molecule has 1 aliphatic carbocycles. The van der Waals surface area contributed by atoms with Crippen molar-refractivity contribution < 1.29 is 0 Å². The molecular formula is C15H20. The maximum absolute atomic E-state index is 2.26. The van der Waals surface area contributed by atoms with Crippen LogP contribution in [0.4, 0.5) is 0 Å². The van der Waals surface area contributed by atoms with Crippen molar-refractivity contribution in [3.63, 3.8) is 0 Å². The van der Waals surface area contributed by atoms with Gasteiger partial charge in [-0.15, -0.1) is 0 Å². The second-order valence-electron chi connectivity index (χ2n) is 4.08. The van der Waals surface area contributed by atoms with Crippen molar-refractivity contribution in [3.05, 3.63) is 59.2 Å². The maximum atomic E-state index is 2.26. The number of rotatable bonds is 0. The first-order valence-corrected chi connectivity index (χ1v) is 5.55. The van der Waals surface area contributed by atoms with E-state index in [9.17, 15) is 0 Å². The SMILES string of the molecule is CC1=CCCC=C1.Cc1ccc(C)cc1. The van der Waals surface area contributed by atoms with Gasteiger partial charge in [0.05, 0.1) is 0 Å². The third kappa shape index (κ3) is 5.21. The standard InChI is InChI=1S/C8H10.C7H10/c1-7-3-5-8(2)6-4-7;1-7-5-3-2-4-6-7/h3-6H,1-2H3;3,5-6H,2,4H2,1H3. The van der Waals surface area contributed by atoms with Gasteiger partial charge in [-0.1, -0.05) is 59.2 Å². The van der Waals surface area contributed by atoms with Crippen molar-refractivity contribution in [2.45, 2.75) is 33.6 Å². The molecule has 0 spiro atoms. The first kappa shape index (κ1) is 11.8. The van der Waals surface area contributed by atoms with Crippen LogP contribution in [0.5, 0.6) is 0 Å². The first-order chi connectivity index (χ1) is 7.18. The lowest BCUT2D eigenvalue weighted by molar-refractivity contribution is 1.02. The number of benzene rings is 1. The molecule has 15 heavy (non-hydrogen) atoms. The molecule has 0 heteroatoms. The summed E-state index contributed by atoms with van der Waals surface area (Å²) in [6.07, 6.45) is 9.12. The predicted octanol–water partition coefficient (Wildman–Crippen LogP) is 4.59. The van der Waals surface area contributed by atoms with E-state index in [-0.39, 0.29) is 0 Å². The Labute approximate surface area is 93.3 Å². The van der Waals surface area contributed by atoms with E-state index < -0.39 is 0 Å². The van der Waals surface area contributed by atoms with Crippen molar-refractivity contribution in [1.82, 2.24) is 0 Å². The Morgan fingerprint density at radius 3 is 1.60 bits per heavy atom. The Hall–Kier alpha value is -1.30. The molecule has 80 valence electrons. The first-order valence-electron chi connectivity index (χ1n) is 5.55. The van der Waals surface area contributed by atoms with E-state index in [4.69, 9.17) is 0 Å². The third-order valence-corrected chi connectivity index (χ3v) is 2.40. The zero-order valence-electron chi connectivity index (χ0n) is 9.96. The summed E-state index contributed by atoms with van der Waals surface area (Å²) >= 11 is 0. The number of hydrogen-bond acceptors (Lipinski definition) is 0. The van der Waals surface area contributed by atoms with Crippen LogP contribution < -0.4 is 0 Å². The van der Waals surface area contributed by atoms with Gasteiger partial charge in [0.2, 0.25) is 0 Å². The average molecular weight is 200 g/mol. The van der Waals surface area contributed by atoms with Gasteiger partial charge < -0.3 is 0 Å². The smallest absolute Gasteiger partial charge is 0.0310 e. The number of hydrogen-bond donors (Lipinski definition) is 0. The largest absolute Gasteiger partial charge is 0.0840 e. The zero-order chi connectivity index (χ0) is 11.1. The van der Waals surface area contributed by atoms with Gasteiger partial charge in [0, 0.05) is 0 Å². The van der Waals surface area contributed by atoms with Crippen LogP contribution in [0.3, 0.4) is 0 Å². The molecule has 1 aromatic rings. The summed E-state index contributed by atoms with van der Waals surface area (Å²) in [5.74, 6) is 0. The van der Waals surface area contributed by atoms with Gasteiger partial charge in [-0.2, -0.15) is 0 Å². The van der Waals surface area contributed by atoms with Gasteiger partial charge >= 0.3 is 0 Å². The lowest BCUT2D eigenvalue weighted by Gasteiger charge is -1.96. The molecule has 0 bridgehead atoms. The summed E-state index contributed by atoms with van der Waals surface area (Å²) < 4.78 is 0. The Morgan fingerprint density at radius 1 is 0.800 bits per heavy atom. The van der Waals surface area contributed by atoms with Crippen molar-refractivity contribution >= 4 is 0 Å². The van der Waals surface area contributed by atoms with Gasteiger partial charge in [0.1, 0.15) is 0 Å². The van der Waals surface area contributed by atoms with Gasteiger partial charge in [-0.25, -0.2) is 0 Å². The lowest BCUT2D eigenvalue weighted by Crippen LogP contribution is -1.76. The molecule has 0 heterocycles. The van der Waals surface area contributed by atoms with E-state index in [1.165, 1.54) is 29.5 Å². The minimum Gasteiger partial charge on any atom is -0.0840 e. The molecule has 0 unspecified atom stereocenters. The van der Waals surface area contributed by atoms with Gasteiger partial charge in [0.25, 0.3) is 0 Å². The summed E-state index contributed by atoms with van der Waals surface area (Å²) in [6, 6.07) is 8.48. The van der Waals surface area contributed by atoms with E-state index in [0.717, 1.165) is 0 Å². The fraction of sp³-hybridized carbons (Fsp3) is 0.333. The van der Waals surface area contributed by atoms with Crippen molar-refractivity contribution in [1.29, 1.82) is 0 Å². The zero-order valence-corrected chi connectivity index (χ0v) is 9.96. The van der Waals surface area contributed by atoms with E-state index in [1.54, 1.807) is 0 Å². The molecule has 0 aromatic heterocycles. The second-order valence-corrected chi connectivity index (χ2v) is 4.08. The fourth-order valence-corrected chi connectivity index (χ4v) is 1.38. The average Bonchev–Trinajstić information content (AvgIpc) is 2.25. The molecule has 1 aromatic carbocycles. The monoisotopic (exact) mass is 200 g/mol. The summed E-state index contributed by atoms with van der Waals surface area (Å²) in [5.41, 5.74) is 4.07. The maximum Gasteiger partial charge on any atom is -0.0310 e. The van der Waals surface area contributed by atoms with E-state index in [2.05, 4.69) is 63.3 Å². The van der Waals surface area contributed by atoms with Crippen LogP contribution in [0.1, 0.15) is 30.9 Å². The third-order valence-electron chi connectivity index (χ3n) is 2.40. The van der Waals surface area contributed by atoms with Crippen LogP contribution in [0.2, 0.25) is 0 Å². The summed E-state index contributed by atoms with van der Waals surface area (Å²) in [7, 11) is 0. The Bertz CT molecular complexity index is 318. The second kappa shape index (κ2) is 6.23. The molecule has 0 saturated heterocycles. The quantitative estimate of drug-likeness (QED) is 0.574. The molecule has 0 amide bonds. The molecular weight excluding hydrogens is 180 g/mol.